The van der Waals surface area contributed by atoms with Crippen molar-refractivity contribution in [2.45, 2.75) is 32.9 Å². The summed E-state index contributed by atoms with van der Waals surface area (Å²) in [6.07, 6.45) is 0. The van der Waals surface area contributed by atoms with Crippen LogP contribution in [0.25, 0.3) is 0 Å². The Morgan fingerprint density at radius 3 is 2.68 bits per heavy atom. The van der Waals surface area contributed by atoms with Crippen molar-refractivity contribution in [2.75, 3.05) is 27.2 Å². The van der Waals surface area contributed by atoms with E-state index in [-0.39, 0.29) is 0 Å². The molecule has 25 heavy (non-hydrogen) atoms. The maximum absolute atomic E-state index is 4.74. The molecule has 0 aliphatic carbocycles. The largest absolute Gasteiger partial charge is 0.357 e. The molecule has 1 aromatic heterocycles. The maximum Gasteiger partial charge on any atom is 0.191 e. The van der Waals surface area contributed by atoms with Crippen LogP contribution in [-0.4, -0.2) is 38.0 Å². The molecule has 0 saturated carbocycles. The summed E-state index contributed by atoms with van der Waals surface area (Å²) in [5.41, 5.74) is 3.94. The van der Waals surface area contributed by atoms with Gasteiger partial charge in [-0.2, -0.15) is 11.3 Å². The molecule has 0 radical (unpaired) electrons. The Kier molecular flexibility index (Phi) is 7.95. The van der Waals surface area contributed by atoms with E-state index in [4.69, 9.17) is 4.99 Å². The first-order chi connectivity index (χ1) is 12.1. The molecule has 1 heterocycles. The molecule has 136 valence electrons. The zero-order chi connectivity index (χ0) is 18.1. The lowest BCUT2D eigenvalue weighted by Crippen LogP contribution is -2.39. The molecular formula is C20H30N4S. The van der Waals surface area contributed by atoms with Gasteiger partial charge in [0.2, 0.25) is 0 Å². The van der Waals surface area contributed by atoms with E-state index in [1.807, 2.05) is 0 Å². The van der Waals surface area contributed by atoms with Gasteiger partial charge in [0.15, 0.2) is 5.96 Å². The number of aliphatic imine (C=N–C) groups is 1. The van der Waals surface area contributed by atoms with E-state index in [1.165, 1.54) is 16.7 Å². The first-order valence-electron chi connectivity index (χ1n) is 8.85. The van der Waals surface area contributed by atoms with Crippen LogP contribution in [0, 0.1) is 0 Å². The molecule has 1 aromatic carbocycles. The number of nitrogens with zero attached hydrogens (tertiary/aromatic N) is 2. The second-order valence-electron chi connectivity index (χ2n) is 6.59. The highest BCUT2D eigenvalue weighted by Crippen LogP contribution is 2.17. The Labute approximate surface area is 156 Å². The quantitative estimate of drug-likeness (QED) is 0.559. The number of guanidine groups is 1. The third kappa shape index (κ3) is 6.88. The van der Waals surface area contributed by atoms with Crippen molar-refractivity contribution in [1.29, 1.82) is 0 Å². The number of benzene rings is 1. The van der Waals surface area contributed by atoms with Gasteiger partial charge in [-0.1, -0.05) is 31.2 Å². The van der Waals surface area contributed by atoms with E-state index in [0.717, 1.165) is 25.6 Å². The standard InChI is InChI=1S/C20H30N4S/c1-5-21-20(22-12-16(2)19-9-10-25-15-19)23-13-17-7-6-8-18(11-17)14-24(3)4/h6-11,15-16H,5,12-14H2,1-4H3,(H2,21,22,23). The topological polar surface area (TPSA) is 39.7 Å². The second kappa shape index (κ2) is 10.2. The number of hydrogen-bond acceptors (Lipinski definition) is 3. The molecule has 0 spiro atoms. The smallest absolute Gasteiger partial charge is 0.191 e. The van der Waals surface area contributed by atoms with E-state index >= 15 is 0 Å². The van der Waals surface area contributed by atoms with Gasteiger partial charge in [0, 0.05) is 19.6 Å². The normalized spacial score (nSPS) is 13.1. The molecule has 2 aromatic rings. The maximum atomic E-state index is 4.74. The predicted molar refractivity (Wildman–Crippen MR) is 109 cm³/mol. The molecule has 5 heteroatoms. The highest BCUT2D eigenvalue weighted by molar-refractivity contribution is 7.07. The van der Waals surface area contributed by atoms with Gasteiger partial charge in [-0.15, -0.1) is 0 Å². The number of thiophene rings is 1. The van der Waals surface area contributed by atoms with Gasteiger partial charge in [-0.25, -0.2) is 4.99 Å². The Morgan fingerprint density at radius 1 is 1.20 bits per heavy atom. The van der Waals surface area contributed by atoms with Crippen molar-refractivity contribution in [2.24, 2.45) is 4.99 Å². The monoisotopic (exact) mass is 358 g/mol. The first kappa shape index (κ1) is 19.5. The Morgan fingerprint density at radius 2 is 2.00 bits per heavy atom. The summed E-state index contributed by atoms with van der Waals surface area (Å²) in [6, 6.07) is 10.8. The SMILES string of the molecule is CCNC(=NCc1cccc(CN(C)C)c1)NCC(C)c1ccsc1. The van der Waals surface area contributed by atoms with Gasteiger partial charge in [0.25, 0.3) is 0 Å². The van der Waals surface area contributed by atoms with Gasteiger partial charge in [0.05, 0.1) is 6.54 Å². The molecule has 0 aliphatic rings. The van der Waals surface area contributed by atoms with Crippen molar-refractivity contribution in [1.82, 2.24) is 15.5 Å². The van der Waals surface area contributed by atoms with Gasteiger partial charge >= 0.3 is 0 Å². The minimum atomic E-state index is 0.471. The molecule has 0 saturated heterocycles. The van der Waals surface area contributed by atoms with Crippen LogP contribution in [0.1, 0.15) is 36.5 Å². The summed E-state index contributed by atoms with van der Waals surface area (Å²) in [4.78, 5) is 6.92. The lowest BCUT2D eigenvalue weighted by Gasteiger charge is -2.15. The van der Waals surface area contributed by atoms with Crippen molar-refractivity contribution < 1.29 is 0 Å². The fourth-order valence-corrected chi connectivity index (χ4v) is 3.41. The Balaban J connectivity index is 1.94. The lowest BCUT2D eigenvalue weighted by atomic mass is 10.1. The van der Waals surface area contributed by atoms with Crippen LogP contribution in [-0.2, 0) is 13.1 Å². The molecule has 1 atom stereocenters. The molecule has 0 bridgehead atoms. The number of nitrogens with one attached hydrogen (secondary N) is 2. The molecule has 0 fully saturated rings. The molecule has 2 N–H and O–H groups in total. The van der Waals surface area contributed by atoms with Crippen LogP contribution in [0.5, 0.6) is 0 Å². The van der Waals surface area contributed by atoms with Crippen molar-refractivity contribution >= 4 is 17.3 Å². The zero-order valence-corrected chi connectivity index (χ0v) is 16.6. The molecule has 4 nitrogen and oxygen atoms in total. The minimum Gasteiger partial charge on any atom is -0.357 e. The summed E-state index contributed by atoms with van der Waals surface area (Å²) in [7, 11) is 4.18. The van der Waals surface area contributed by atoms with Crippen molar-refractivity contribution in [3.8, 4) is 0 Å². The summed E-state index contributed by atoms with van der Waals surface area (Å²) >= 11 is 1.75. The average Bonchev–Trinajstić information content (AvgIpc) is 3.11. The molecular weight excluding hydrogens is 328 g/mol. The van der Waals surface area contributed by atoms with Crippen LogP contribution in [0.2, 0.25) is 0 Å². The second-order valence-corrected chi connectivity index (χ2v) is 7.37. The zero-order valence-electron chi connectivity index (χ0n) is 15.7. The van der Waals surface area contributed by atoms with E-state index in [0.29, 0.717) is 12.5 Å². The highest BCUT2D eigenvalue weighted by Gasteiger charge is 2.07. The highest BCUT2D eigenvalue weighted by atomic mass is 32.1. The number of hydrogen-bond donors (Lipinski definition) is 2. The third-order valence-corrected chi connectivity index (χ3v) is 4.64. The third-order valence-electron chi connectivity index (χ3n) is 3.94. The summed E-state index contributed by atoms with van der Waals surface area (Å²) < 4.78 is 0. The lowest BCUT2D eigenvalue weighted by molar-refractivity contribution is 0.402. The van der Waals surface area contributed by atoms with E-state index < -0.39 is 0 Å². The molecule has 0 amide bonds. The van der Waals surface area contributed by atoms with Crippen LogP contribution in [0.4, 0.5) is 0 Å². The van der Waals surface area contributed by atoms with Crippen LogP contribution < -0.4 is 10.6 Å². The first-order valence-corrected chi connectivity index (χ1v) is 9.79. The fraction of sp³-hybridized carbons (Fsp3) is 0.450. The fourth-order valence-electron chi connectivity index (χ4n) is 2.63. The summed E-state index contributed by atoms with van der Waals surface area (Å²) in [5, 5.41) is 11.1. The Hall–Kier alpha value is -1.85. The average molecular weight is 359 g/mol. The predicted octanol–water partition coefficient (Wildman–Crippen LogP) is 3.67. The van der Waals surface area contributed by atoms with Gasteiger partial charge in [-0.3, -0.25) is 0 Å². The summed E-state index contributed by atoms with van der Waals surface area (Å²) in [6.45, 7) is 7.71. The van der Waals surface area contributed by atoms with Gasteiger partial charge in [-0.05, 0) is 60.5 Å². The van der Waals surface area contributed by atoms with Crippen molar-refractivity contribution in [3.05, 3.63) is 57.8 Å². The number of rotatable bonds is 8. The van der Waals surface area contributed by atoms with Crippen molar-refractivity contribution in [3.63, 3.8) is 0 Å². The Bertz CT molecular complexity index is 649. The minimum absolute atomic E-state index is 0.471. The van der Waals surface area contributed by atoms with E-state index in [1.54, 1.807) is 11.3 Å². The van der Waals surface area contributed by atoms with Gasteiger partial charge < -0.3 is 15.5 Å². The molecule has 1 unspecified atom stereocenters. The van der Waals surface area contributed by atoms with Gasteiger partial charge in [0.1, 0.15) is 0 Å². The van der Waals surface area contributed by atoms with E-state index in [2.05, 4.69) is 84.6 Å². The van der Waals surface area contributed by atoms with E-state index in [9.17, 15) is 0 Å². The van der Waals surface area contributed by atoms with Crippen LogP contribution in [0.3, 0.4) is 0 Å². The summed E-state index contributed by atoms with van der Waals surface area (Å²) in [5.74, 6) is 1.35. The molecule has 2 rings (SSSR count). The van der Waals surface area contributed by atoms with Crippen LogP contribution in [0.15, 0.2) is 46.1 Å². The van der Waals surface area contributed by atoms with Crippen LogP contribution >= 0.6 is 11.3 Å². The molecule has 0 aliphatic heterocycles.